The number of rotatable bonds is 3. The number of hydrogen-bond acceptors (Lipinski definition) is 7. The molecule has 0 spiro atoms. The molecular formula is C8H14BN3O4S. The monoisotopic (exact) mass is 259 g/mol. The molecular weight excluding hydrogens is 245 g/mol. The normalized spacial score (nSPS) is 38.2. The molecule has 7 nitrogen and oxygen atoms in total. The van der Waals surface area contributed by atoms with Crippen LogP contribution in [0.4, 0.5) is 0 Å². The van der Waals surface area contributed by atoms with Crippen molar-refractivity contribution in [2.24, 2.45) is 0 Å². The van der Waals surface area contributed by atoms with Crippen molar-refractivity contribution in [3.8, 4) is 0 Å². The smallest absolute Gasteiger partial charge is 0.177 e. The van der Waals surface area contributed by atoms with Gasteiger partial charge < -0.3 is 20.1 Å². The Morgan fingerprint density at radius 3 is 2.71 bits per heavy atom. The molecule has 0 aromatic carbocycles. The number of nitrogens with zero attached hydrogens (tertiary/aromatic N) is 3. The fraction of sp³-hybridized carbons (Fsp3) is 0.750. The third-order valence-corrected chi connectivity index (χ3v) is 3.68. The van der Waals surface area contributed by atoms with Crippen LogP contribution in [0.3, 0.4) is 0 Å². The second kappa shape index (κ2) is 5.36. The highest BCUT2D eigenvalue weighted by Crippen LogP contribution is 2.33. The molecule has 1 aromatic rings. The molecule has 1 aliphatic heterocycles. The van der Waals surface area contributed by atoms with E-state index in [0.29, 0.717) is 0 Å². The maximum atomic E-state index is 10.1. The van der Waals surface area contributed by atoms with Gasteiger partial charge >= 0.3 is 0 Å². The van der Waals surface area contributed by atoms with Crippen LogP contribution in [0.15, 0.2) is 12.4 Å². The molecule has 0 saturated carbocycles. The number of aliphatic hydroxyl groups is 3. The van der Waals surface area contributed by atoms with Gasteiger partial charge in [-0.2, -0.15) is 11.6 Å². The highest BCUT2D eigenvalue weighted by molar-refractivity contribution is 8.20. The van der Waals surface area contributed by atoms with Gasteiger partial charge in [-0.25, -0.2) is 4.68 Å². The van der Waals surface area contributed by atoms with Crippen LogP contribution in [0.1, 0.15) is 6.04 Å². The van der Waals surface area contributed by atoms with Crippen molar-refractivity contribution in [2.45, 2.75) is 29.8 Å². The average molecular weight is 259 g/mol. The van der Waals surface area contributed by atoms with Crippen molar-refractivity contribution in [3.05, 3.63) is 12.4 Å². The van der Waals surface area contributed by atoms with Gasteiger partial charge in [-0.3, -0.25) is 0 Å². The van der Waals surface area contributed by atoms with Gasteiger partial charge in [0, 0.05) is 6.20 Å². The average Bonchev–Trinajstić information content (AvgIpc) is 2.83. The second-order valence-corrected chi connectivity index (χ2v) is 4.75. The van der Waals surface area contributed by atoms with Crippen molar-refractivity contribution in [3.63, 3.8) is 0 Å². The first-order valence-electron chi connectivity index (χ1n) is 5.20. The predicted octanol–water partition coefficient (Wildman–Crippen LogP) is -2.46. The minimum absolute atomic E-state index is 0.309. The van der Waals surface area contributed by atoms with E-state index >= 15 is 0 Å². The molecule has 5 unspecified atom stereocenters. The van der Waals surface area contributed by atoms with E-state index in [9.17, 15) is 10.2 Å². The summed E-state index contributed by atoms with van der Waals surface area (Å²) in [6, 6.07) is -0.666. The molecule has 17 heavy (non-hydrogen) atoms. The number of aliphatic hydroxyl groups excluding tert-OH is 3. The maximum Gasteiger partial charge on any atom is 0.177 e. The molecule has 0 radical (unpaired) electrons. The van der Waals surface area contributed by atoms with Crippen LogP contribution in [-0.2, 0) is 4.74 Å². The van der Waals surface area contributed by atoms with Crippen molar-refractivity contribution < 1.29 is 20.1 Å². The lowest BCUT2D eigenvalue weighted by Gasteiger charge is -2.41. The Balaban J connectivity index is 2.26. The molecule has 0 amide bonds. The molecule has 0 aliphatic carbocycles. The Morgan fingerprint density at radius 2 is 2.18 bits per heavy atom. The maximum absolute atomic E-state index is 10.1. The Kier molecular flexibility index (Phi) is 4.05. The molecule has 5 atom stereocenters. The van der Waals surface area contributed by atoms with Crippen LogP contribution in [-0.4, -0.2) is 67.8 Å². The Labute approximate surface area is 103 Å². The van der Waals surface area contributed by atoms with Crippen LogP contribution in [0.5, 0.6) is 0 Å². The van der Waals surface area contributed by atoms with Gasteiger partial charge in [0.2, 0.25) is 0 Å². The van der Waals surface area contributed by atoms with Gasteiger partial charge in [0.25, 0.3) is 0 Å². The third kappa shape index (κ3) is 2.33. The molecule has 1 aromatic heterocycles. The SMILES string of the molecule is BSC1OC(CO)C(O)C(n2ccnn2)C1O. The lowest BCUT2D eigenvalue weighted by molar-refractivity contribution is -0.178. The summed E-state index contributed by atoms with van der Waals surface area (Å²) >= 11 is 1.32. The van der Waals surface area contributed by atoms with E-state index in [0.717, 1.165) is 0 Å². The molecule has 0 bridgehead atoms. The predicted molar refractivity (Wildman–Crippen MR) is 63.0 cm³/mol. The van der Waals surface area contributed by atoms with Crippen LogP contribution < -0.4 is 0 Å². The zero-order chi connectivity index (χ0) is 12.4. The minimum atomic E-state index is -1.03. The van der Waals surface area contributed by atoms with E-state index in [1.165, 1.54) is 22.5 Å². The molecule has 2 heterocycles. The van der Waals surface area contributed by atoms with E-state index in [1.54, 1.807) is 13.3 Å². The largest absolute Gasteiger partial charge is 0.394 e. The summed E-state index contributed by atoms with van der Waals surface area (Å²) in [5.74, 6) is 0. The highest BCUT2D eigenvalue weighted by atomic mass is 32.2. The molecule has 1 aliphatic rings. The van der Waals surface area contributed by atoms with E-state index in [2.05, 4.69) is 10.3 Å². The lowest BCUT2D eigenvalue weighted by atomic mass is 9.97. The molecule has 3 N–H and O–H groups in total. The summed E-state index contributed by atoms with van der Waals surface area (Å²) in [6.07, 6.45) is 0.361. The van der Waals surface area contributed by atoms with Crippen molar-refractivity contribution in [1.82, 2.24) is 15.0 Å². The van der Waals surface area contributed by atoms with E-state index in [-0.39, 0.29) is 6.61 Å². The lowest BCUT2D eigenvalue weighted by Crippen LogP contribution is -2.55. The number of aromatic nitrogens is 3. The standard InChI is InChI=1S/C8H14BN3O4S/c9-17-8-7(15)5(12-2-1-10-11-12)6(14)4(3-13)16-8/h1-2,4-8,13-15H,3,9H2. The zero-order valence-corrected chi connectivity index (χ0v) is 10.1. The fourth-order valence-corrected chi connectivity index (χ4v) is 2.65. The summed E-state index contributed by atoms with van der Waals surface area (Å²) in [6.45, 7) is -0.309. The van der Waals surface area contributed by atoms with Gasteiger partial charge in [0.15, 0.2) is 7.12 Å². The first-order chi connectivity index (χ1) is 8.19. The van der Waals surface area contributed by atoms with Gasteiger partial charge in [-0.1, -0.05) is 5.21 Å². The van der Waals surface area contributed by atoms with E-state index < -0.39 is 29.8 Å². The van der Waals surface area contributed by atoms with Gasteiger partial charge in [0.1, 0.15) is 29.8 Å². The van der Waals surface area contributed by atoms with Crippen molar-refractivity contribution in [1.29, 1.82) is 0 Å². The summed E-state index contributed by atoms with van der Waals surface area (Å²) in [7, 11) is 1.79. The summed E-state index contributed by atoms with van der Waals surface area (Å²) in [5.41, 5.74) is -0.509. The van der Waals surface area contributed by atoms with Crippen LogP contribution in [0.25, 0.3) is 0 Å². The van der Waals surface area contributed by atoms with Gasteiger partial charge in [-0.15, -0.1) is 5.10 Å². The quantitative estimate of drug-likeness (QED) is 0.517. The van der Waals surface area contributed by atoms with Crippen molar-refractivity contribution >= 4 is 18.7 Å². The Hall–Kier alpha value is -0.605. The first-order valence-corrected chi connectivity index (χ1v) is 6.49. The van der Waals surface area contributed by atoms with Crippen molar-refractivity contribution in [2.75, 3.05) is 6.61 Å². The first kappa shape index (κ1) is 12.8. The van der Waals surface area contributed by atoms with Crippen LogP contribution >= 0.6 is 11.6 Å². The zero-order valence-electron chi connectivity index (χ0n) is 9.25. The van der Waals surface area contributed by atoms with E-state index in [4.69, 9.17) is 9.84 Å². The molecule has 2 rings (SSSR count). The second-order valence-electron chi connectivity index (χ2n) is 3.82. The molecule has 94 valence electrons. The Bertz CT molecular complexity index is 339. The third-order valence-electron chi connectivity index (χ3n) is 2.83. The molecule has 1 saturated heterocycles. The number of hydrogen-bond donors (Lipinski definition) is 3. The van der Waals surface area contributed by atoms with E-state index in [1.807, 2.05) is 0 Å². The van der Waals surface area contributed by atoms with Crippen LogP contribution in [0.2, 0.25) is 0 Å². The molecule has 1 fully saturated rings. The molecule has 9 heteroatoms. The highest BCUT2D eigenvalue weighted by Gasteiger charge is 2.45. The van der Waals surface area contributed by atoms with Crippen LogP contribution in [0, 0.1) is 0 Å². The summed E-state index contributed by atoms with van der Waals surface area (Å²) < 4.78 is 6.78. The minimum Gasteiger partial charge on any atom is -0.394 e. The fourth-order valence-electron chi connectivity index (χ4n) is 1.95. The Morgan fingerprint density at radius 1 is 1.41 bits per heavy atom. The topological polar surface area (TPSA) is 101 Å². The number of ether oxygens (including phenoxy) is 1. The van der Waals surface area contributed by atoms with Gasteiger partial charge in [0.05, 0.1) is 12.8 Å². The summed E-state index contributed by atoms with van der Waals surface area (Å²) in [4.78, 5) is 0. The van der Waals surface area contributed by atoms with Gasteiger partial charge in [-0.05, 0) is 0 Å². The summed E-state index contributed by atoms with van der Waals surface area (Å²) in [5, 5.41) is 36.7.